The molecule has 1 rings (SSSR count). The van der Waals surface area contributed by atoms with Gasteiger partial charge in [-0.05, 0) is 116 Å². The number of aliphatic hydroxyl groups is 2. The first kappa shape index (κ1) is 81.2. The topological polar surface area (TPSA) is 175 Å². The molecule has 0 aliphatic carbocycles. The minimum absolute atomic E-state index is 0.0545. The molecule has 0 saturated carbocycles. The third kappa shape index (κ3) is 51.6. The Morgan fingerprint density at radius 3 is 1.03 bits per heavy atom. The van der Waals surface area contributed by atoms with E-state index in [0.717, 1.165) is 109 Å². The van der Waals surface area contributed by atoms with Crippen LogP contribution in [-0.4, -0.2) is 89.2 Å². The normalized spacial score (nSPS) is 17.7. The highest BCUT2D eigenvalue weighted by molar-refractivity contribution is 5.74. The Hall–Kier alpha value is -3.84. The molecule has 0 spiro atoms. The Labute approximate surface area is 531 Å². The molecule has 0 aromatic heterocycles. The van der Waals surface area contributed by atoms with Gasteiger partial charge in [-0.3, -0.25) is 14.4 Å². The number of carbonyl (C=O) groups is 4. The van der Waals surface area contributed by atoms with Gasteiger partial charge in [0.25, 0.3) is 0 Å². The zero-order valence-corrected chi connectivity index (χ0v) is 55.8. The molecule has 87 heavy (non-hydrogen) atoms. The van der Waals surface area contributed by atoms with Crippen LogP contribution in [0.1, 0.15) is 329 Å². The maximum Gasteiger partial charge on any atom is 0.335 e. The molecule has 1 aliphatic heterocycles. The van der Waals surface area contributed by atoms with Crippen LogP contribution in [-0.2, 0) is 42.9 Å². The third-order valence-electron chi connectivity index (χ3n) is 16.2. The molecule has 502 valence electrons. The van der Waals surface area contributed by atoms with Crippen molar-refractivity contribution in [3.05, 3.63) is 72.9 Å². The second-order valence-electron chi connectivity index (χ2n) is 24.5. The van der Waals surface area contributed by atoms with Gasteiger partial charge in [-0.25, -0.2) is 4.79 Å². The molecular weight excluding hydrogens is 1090 g/mol. The number of carbonyl (C=O) groups excluding carboxylic acids is 3. The van der Waals surface area contributed by atoms with Crippen molar-refractivity contribution >= 4 is 23.9 Å². The van der Waals surface area contributed by atoms with Gasteiger partial charge >= 0.3 is 23.9 Å². The smallest absolute Gasteiger partial charge is 0.335 e. The number of carboxylic acids is 1. The molecule has 0 amide bonds. The lowest BCUT2D eigenvalue weighted by atomic mass is 9.98. The maximum absolute atomic E-state index is 13.3. The van der Waals surface area contributed by atoms with E-state index >= 15 is 0 Å². The molecule has 3 N–H and O–H groups in total. The Bertz CT molecular complexity index is 1790. The van der Waals surface area contributed by atoms with E-state index in [9.17, 15) is 34.5 Å². The quantitative estimate of drug-likeness (QED) is 0.0228. The molecule has 0 aromatic carbocycles. The van der Waals surface area contributed by atoms with E-state index in [1.54, 1.807) is 0 Å². The molecule has 1 saturated heterocycles. The lowest BCUT2D eigenvalue weighted by molar-refractivity contribution is -0.301. The average molecular weight is 1220 g/mol. The molecule has 0 aromatic rings. The van der Waals surface area contributed by atoms with E-state index in [-0.39, 0.29) is 25.9 Å². The van der Waals surface area contributed by atoms with Gasteiger partial charge in [-0.1, -0.05) is 267 Å². The van der Waals surface area contributed by atoms with Crippen LogP contribution in [0.15, 0.2) is 72.9 Å². The first-order valence-electron chi connectivity index (χ1n) is 35.9. The number of esters is 3. The Morgan fingerprint density at radius 2 is 0.690 bits per heavy atom. The Morgan fingerprint density at radius 1 is 0.379 bits per heavy atom. The van der Waals surface area contributed by atoms with Crippen molar-refractivity contribution in [2.24, 2.45) is 0 Å². The predicted molar refractivity (Wildman–Crippen MR) is 358 cm³/mol. The molecule has 0 bridgehead atoms. The van der Waals surface area contributed by atoms with Crippen molar-refractivity contribution in [2.45, 2.75) is 366 Å². The largest absolute Gasteiger partial charge is 0.479 e. The highest BCUT2D eigenvalue weighted by Crippen LogP contribution is 2.27. The van der Waals surface area contributed by atoms with Crippen LogP contribution in [0, 0.1) is 0 Å². The number of carboxylic acid groups (broad SMARTS) is 1. The number of hydrogen-bond acceptors (Lipinski definition) is 11. The van der Waals surface area contributed by atoms with Crippen LogP contribution in [0.3, 0.4) is 0 Å². The minimum Gasteiger partial charge on any atom is -0.479 e. The second kappa shape index (κ2) is 62.4. The summed E-state index contributed by atoms with van der Waals surface area (Å²) < 4.78 is 28.7. The number of hydrogen-bond donors (Lipinski definition) is 3. The van der Waals surface area contributed by atoms with Crippen LogP contribution < -0.4 is 0 Å². The summed E-state index contributed by atoms with van der Waals surface area (Å²) in [7, 11) is 0. The van der Waals surface area contributed by atoms with E-state index in [1.165, 1.54) is 161 Å². The van der Waals surface area contributed by atoms with Gasteiger partial charge in [0.15, 0.2) is 24.6 Å². The van der Waals surface area contributed by atoms with Crippen LogP contribution in [0.4, 0.5) is 0 Å². The van der Waals surface area contributed by atoms with E-state index in [0.29, 0.717) is 19.3 Å². The lowest BCUT2D eigenvalue weighted by Crippen LogP contribution is -2.61. The SMILES string of the molecule is CCCCC/C=C\C/C=C\CCCCCCCCCCCC(=O)OCC(COC1OC(C(=O)O)C(O)C(O)C1OC(=O)CCCCCCCCCCC/C=C\C/C=C\CCCCC)OC(=O)CCCCCCCCCCC/C=C\C/C=C\CCCCC. The fraction of sp³-hybridized carbons (Fsp3) is 0.787. The molecular formula is C75H130O12. The number of ether oxygens (including phenoxy) is 5. The monoisotopic (exact) mass is 1220 g/mol. The highest BCUT2D eigenvalue weighted by atomic mass is 16.7. The van der Waals surface area contributed by atoms with Crippen molar-refractivity contribution in [1.82, 2.24) is 0 Å². The van der Waals surface area contributed by atoms with Gasteiger partial charge < -0.3 is 39.0 Å². The van der Waals surface area contributed by atoms with Crippen molar-refractivity contribution in [3.63, 3.8) is 0 Å². The highest BCUT2D eigenvalue weighted by Gasteiger charge is 2.50. The van der Waals surface area contributed by atoms with E-state index < -0.39 is 67.3 Å². The standard InChI is InChI=1S/C75H130O12/c1-4-7-10-13-16-19-22-25-28-31-34-37-40-43-46-49-52-55-58-61-67(76)83-64-66(85-68(77)62-59-56-53-50-47-44-41-38-35-32-29-26-23-20-17-14-11-8-5-2)65-84-75-73(71(80)70(79)72(87-75)74(81)82)86-69(78)63-60-57-54-51-48-45-42-39-36-33-30-27-24-21-18-15-12-9-6-3/h16-21,25-30,66,70-73,75,79-80H,4-15,22-24,31-65H2,1-3H3,(H,81,82)/b19-16-,20-17-,21-18-,28-25-,29-26-,30-27-. The molecule has 1 heterocycles. The zero-order chi connectivity index (χ0) is 63.1. The van der Waals surface area contributed by atoms with Crippen LogP contribution in [0.25, 0.3) is 0 Å². The predicted octanol–water partition coefficient (Wildman–Crippen LogP) is 20.0. The second-order valence-corrected chi connectivity index (χ2v) is 24.5. The van der Waals surface area contributed by atoms with Crippen molar-refractivity contribution in [3.8, 4) is 0 Å². The summed E-state index contributed by atoms with van der Waals surface area (Å²) >= 11 is 0. The van der Waals surface area contributed by atoms with Crippen LogP contribution in [0.2, 0.25) is 0 Å². The fourth-order valence-corrected chi connectivity index (χ4v) is 10.7. The van der Waals surface area contributed by atoms with Gasteiger partial charge in [0, 0.05) is 19.3 Å². The summed E-state index contributed by atoms with van der Waals surface area (Å²) in [6.07, 6.45) is 68.4. The number of allylic oxidation sites excluding steroid dienone is 12. The molecule has 12 heteroatoms. The Kier molecular flexibility index (Phi) is 58.2. The number of rotatable bonds is 62. The molecule has 0 radical (unpaired) electrons. The van der Waals surface area contributed by atoms with E-state index in [1.807, 2.05) is 0 Å². The summed E-state index contributed by atoms with van der Waals surface area (Å²) in [4.78, 5) is 51.5. The van der Waals surface area contributed by atoms with Crippen molar-refractivity contribution in [2.75, 3.05) is 13.2 Å². The van der Waals surface area contributed by atoms with Gasteiger partial charge in [0.2, 0.25) is 0 Å². The first-order chi connectivity index (χ1) is 42.6. The van der Waals surface area contributed by atoms with Gasteiger partial charge in [0.1, 0.15) is 18.8 Å². The summed E-state index contributed by atoms with van der Waals surface area (Å²) in [5.74, 6) is -3.11. The molecule has 6 unspecified atom stereocenters. The lowest BCUT2D eigenvalue weighted by Gasteiger charge is -2.40. The summed E-state index contributed by atoms with van der Waals surface area (Å²) in [6, 6.07) is 0. The number of unbranched alkanes of at least 4 members (excludes halogenated alkanes) is 36. The van der Waals surface area contributed by atoms with Crippen molar-refractivity contribution < 1.29 is 58.2 Å². The summed E-state index contributed by atoms with van der Waals surface area (Å²) in [5, 5.41) is 31.7. The summed E-state index contributed by atoms with van der Waals surface area (Å²) in [5.41, 5.74) is 0. The van der Waals surface area contributed by atoms with Gasteiger partial charge in [0.05, 0.1) is 6.61 Å². The van der Waals surface area contributed by atoms with Gasteiger partial charge in [-0.15, -0.1) is 0 Å². The van der Waals surface area contributed by atoms with Crippen LogP contribution in [0.5, 0.6) is 0 Å². The fourth-order valence-electron chi connectivity index (χ4n) is 10.7. The molecule has 1 aliphatic rings. The average Bonchev–Trinajstić information content (AvgIpc) is 2.56. The zero-order valence-electron chi connectivity index (χ0n) is 55.8. The molecule has 1 fully saturated rings. The van der Waals surface area contributed by atoms with Crippen LogP contribution >= 0.6 is 0 Å². The number of aliphatic hydroxyl groups excluding tert-OH is 2. The van der Waals surface area contributed by atoms with E-state index in [4.69, 9.17) is 23.7 Å². The Balaban J connectivity index is 2.63. The van der Waals surface area contributed by atoms with E-state index in [2.05, 4.69) is 93.7 Å². The third-order valence-corrected chi connectivity index (χ3v) is 16.2. The molecule has 6 atom stereocenters. The first-order valence-corrected chi connectivity index (χ1v) is 35.9. The van der Waals surface area contributed by atoms with Crippen molar-refractivity contribution in [1.29, 1.82) is 0 Å². The maximum atomic E-state index is 13.3. The summed E-state index contributed by atoms with van der Waals surface area (Å²) in [6.45, 7) is 5.97. The van der Waals surface area contributed by atoms with Gasteiger partial charge in [-0.2, -0.15) is 0 Å². The molecule has 12 nitrogen and oxygen atoms in total. The number of aliphatic carboxylic acids is 1. The minimum atomic E-state index is -1.91.